The van der Waals surface area contributed by atoms with Gasteiger partial charge in [0.25, 0.3) is 0 Å². The van der Waals surface area contributed by atoms with Crippen molar-refractivity contribution in [1.29, 1.82) is 0 Å². The Labute approximate surface area is 96.9 Å². The van der Waals surface area contributed by atoms with Gasteiger partial charge in [0.15, 0.2) is 0 Å². The molecule has 2 nitrogen and oxygen atoms in total. The smallest absolute Gasteiger partial charge is 0.433 e. The van der Waals surface area contributed by atoms with Crippen molar-refractivity contribution in [2.24, 2.45) is 0 Å². The summed E-state index contributed by atoms with van der Waals surface area (Å²) in [6, 6.07) is 4.87. The molecule has 0 fully saturated rings. The summed E-state index contributed by atoms with van der Waals surface area (Å²) < 4.78 is 37.7. The zero-order valence-corrected chi connectivity index (χ0v) is 9.26. The van der Waals surface area contributed by atoms with Crippen molar-refractivity contribution in [3.8, 4) is 5.75 Å². The average molecular weight is 291 g/mol. The van der Waals surface area contributed by atoms with Crippen molar-refractivity contribution < 1.29 is 18.3 Å². The number of rotatable bonds is 0. The van der Waals surface area contributed by atoms with Gasteiger partial charge in [-0.25, -0.2) is 4.98 Å². The molecular weight excluding hydrogens is 287 g/mol. The average Bonchev–Trinajstić information content (AvgIpc) is 2.17. The third-order valence-electron chi connectivity index (χ3n) is 2.02. The van der Waals surface area contributed by atoms with Crippen molar-refractivity contribution >= 4 is 26.8 Å². The summed E-state index contributed by atoms with van der Waals surface area (Å²) in [6.45, 7) is 0. The predicted molar refractivity (Wildman–Crippen MR) is 53.9 cm³/mol. The standard InChI is InChI=1S/C10H5BrF3NO/c11-5-1-2-7-6(3-5)8(16)4-9(15-7)10(12,13)14/h1-4H,(H,15,16)/p-1. The summed E-state index contributed by atoms with van der Waals surface area (Å²) in [5.74, 6) is -0.682. The molecule has 0 atom stereocenters. The zero-order chi connectivity index (χ0) is 11.9. The molecule has 84 valence electrons. The molecule has 1 heterocycles. The predicted octanol–water partition coefficient (Wildman–Crippen LogP) is 3.09. The van der Waals surface area contributed by atoms with E-state index in [1.165, 1.54) is 18.2 Å². The minimum absolute atomic E-state index is 0.0445. The van der Waals surface area contributed by atoms with Gasteiger partial charge in [-0.05, 0) is 29.7 Å². The Bertz CT molecular complexity index is 553. The van der Waals surface area contributed by atoms with E-state index in [9.17, 15) is 18.3 Å². The topological polar surface area (TPSA) is 36.0 Å². The van der Waals surface area contributed by atoms with Crippen LogP contribution in [-0.2, 0) is 6.18 Å². The molecule has 0 N–H and O–H groups in total. The van der Waals surface area contributed by atoms with Crippen LogP contribution in [0.3, 0.4) is 0 Å². The van der Waals surface area contributed by atoms with Crippen LogP contribution >= 0.6 is 15.9 Å². The van der Waals surface area contributed by atoms with E-state index in [0.717, 1.165) is 0 Å². The Balaban J connectivity index is 2.74. The lowest BCUT2D eigenvalue weighted by Crippen LogP contribution is -2.09. The number of benzene rings is 1. The maximum Gasteiger partial charge on any atom is 0.433 e. The van der Waals surface area contributed by atoms with Crippen molar-refractivity contribution in [1.82, 2.24) is 4.98 Å². The van der Waals surface area contributed by atoms with Crippen LogP contribution in [0.1, 0.15) is 5.69 Å². The second kappa shape index (κ2) is 3.62. The van der Waals surface area contributed by atoms with Gasteiger partial charge in [-0.2, -0.15) is 13.2 Å². The molecule has 2 aromatic rings. The van der Waals surface area contributed by atoms with Crippen LogP contribution in [0.4, 0.5) is 13.2 Å². The Morgan fingerprint density at radius 3 is 2.50 bits per heavy atom. The summed E-state index contributed by atoms with van der Waals surface area (Å²) in [6.07, 6.45) is -4.60. The summed E-state index contributed by atoms with van der Waals surface area (Å²) in [5.41, 5.74) is -1.12. The lowest BCUT2D eigenvalue weighted by atomic mass is 10.2. The first-order chi connectivity index (χ1) is 7.38. The lowest BCUT2D eigenvalue weighted by Gasteiger charge is -2.14. The summed E-state index contributed by atoms with van der Waals surface area (Å²) >= 11 is 3.14. The van der Waals surface area contributed by atoms with Crippen LogP contribution < -0.4 is 5.11 Å². The monoisotopic (exact) mass is 290 g/mol. The molecule has 1 aromatic heterocycles. The highest BCUT2D eigenvalue weighted by molar-refractivity contribution is 9.10. The van der Waals surface area contributed by atoms with Crippen LogP contribution in [0.5, 0.6) is 5.75 Å². The van der Waals surface area contributed by atoms with Gasteiger partial charge in [0.1, 0.15) is 5.69 Å². The highest BCUT2D eigenvalue weighted by Crippen LogP contribution is 2.33. The molecule has 0 amide bonds. The zero-order valence-electron chi connectivity index (χ0n) is 7.68. The van der Waals surface area contributed by atoms with E-state index in [1.54, 1.807) is 0 Å². The molecule has 1 aromatic carbocycles. The van der Waals surface area contributed by atoms with E-state index in [2.05, 4.69) is 20.9 Å². The molecule has 0 aliphatic heterocycles. The number of alkyl halides is 3. The van der Waals surface area contributed by atoms with E-state index < -0.39 is 17.6 Å². The van der Waals surface area contributed by atoms with Gasteiger partial charge < -0.3 is 5.11 Å². The van der Waals surface area contributed by atoms with Gasteiger partial charge >= 0.3 is 6.18 Å². The second-order valence-electron chi connectivity index (χ2n) is 3.16. The maximum atomic E-state index is 12.4. The van der Waals surface area contributed by atoms with Crippen molar-refractivity contribution in [2.75, 3.05) is 0 Å². The van der Waals surface area contributed by atoms with Crippen LogP contribution in [0.2, 0.25) is 0 Å². The second-order valence-corrected chi connectivity index (χ2v) is 4.08. The number of hydrogen-bond donors (Lipinski definition) is 0. The maximum absolute atomic E-state index is 12.4. The Morgan fingerprint density at radius 1 is 1.19 bits per heavy atom. The minimum atomic E-state index is -4.60. The quantitative estimate of drug-likeness (QED) is 0.747. The third kappa shape index (κ3) is 1.97. The fraction of sp³-hybridized carbons (Fsp3) is 0.100. The van der Waals surface area contributed by atoms with Gasteiger partial charge in [0.05, 0.1) is 5.52 Å². The first kappa shape index (κ1) is 11.2. The molecule has 0 aliphatic rings. The van der Waals surface area contributed by atoms with Crippen LogP contribution in [0.15, 0.2) is 28.7 Å². The van der Waals surface area contributed by atoms with E-state index >= 15 is 0 Å². The fourth-order valence-corrected chi connectivity index (χ4v) is 1.67. The van der Waals surface area contributed by atoms with Gasteiger partial charge in [-0.15, -0.1) is 0 Å². The molecule has 0 bridgehead atoms. The molecular formula is C10H4BrF3NO-. The van der Waals surface area contributed by atoms with Crippen LogP contribution in [-0.4, -0.2) is 4.98 Å². The van der Waals surface area contributed by atoms with E-state index in [-0.39, 0.29) is 10.9 Å². The third-order valence-corrected chi connectivity index (χ3v) is 2.52. The first-order valence-electron chi connectivity index (χ1n) is 4.22. The van der Waals surface area contributed by atoms with Crippen molar-refractivity contribution in [3.63, 3.8) is 0 Å². The molecule has 0 unspecified atom stereocenters. The van der Waals surface area contributed by atoms with Crippen molar-refractivity contribution in [2.45, 2.75) is 6.18 Å². The highest BCUT2D eigenvalue weighted by atomic mass is 79.9. The minimum Gasteiger partial charge on any atom is -0.872 e. The number of nitrogens with zero attached hydrogens (tertiary/aromatic N) is 1. The molecule has 0 radical (unpaired) electrons. The molecule has 0 saturated heterocycles. The fourth-order valence-electron chi connectivity index (χ4n) is 1.31. The Morgan fingerprint density at radius 2 is 1.88 bits per heavy atom. The summed E-state index contributed by atoms with van der Waals surface area (Å²) in [7, 11) is 0. The molecule has 2 rings (SSSR count). The number of halogens is 4. The molecule has 16 heavy (non-hydrogen) atoms. The SMILES string of the molecule is [O-]c1cc(C(F)(F)F)nc2ccc(Br)cc12. The molecule has 0 saturated carbocycles. The van der Waals surface area contributed by atoms with Gasteiger partial charge in [0.2, 0.25) is 0 Å². The van der Waals surface area contributed by atoms with Gasteiger partial charge in [0, 0.05) is 4.47 Å². The Hall–Kier alpha value is -1.30. The number of fused-ring (bicyclic) bond motifs is 1. The summed E-state index contributed by atoms with van der Waals surface area (Å²) in [4.78, 5) is 3.40. The van der Waals surface area contributed by atoms with E-state index in [1.807, 2.05) is 0 Å². The molecule has 0 spiro atoms. The highest BCUT2D eigenvalue weighted by Gasteiger charge is 2.32. The summed E-state index contributed by atoms with van der Waals surface area (Å²) in [5, 5.41) is 11.6. The number of pyridine rings is 1. The van der Waals surface area contributed by atoms with Gasteiger partial charge in [-0.3, -0.25) is 0 Å². The normalized spacial score (nSPS) is 12.0. The van der Waals surface area contributed by atoms with E-state index in [4.69, 9.17) is 0 Å². The number of aromatic nitrogens is 1. The van der Waals surface area contributed by atoms with E-state index in [0.29, 0.717) is 10.5 Å². The lowest BCUT2D eigenvalue weighted by molar-refractivity contribution is -0.266. The number of hydrogen-bond acceptors (Lipinski definition) is 2. The largest absolute Gasteiger partial charge is 0.872 e. The van der Waals surface area contributed by atoms with Crippen LogP contribution in [0.25, 0.3) is 10.9 Å². The van der Waals surface area contributed by atoms with Crippen LogP contribution in [0, 0.1) is 0 Å². The van der Waals surface area contributed by atoms with Gasteiger partial charge in [-0.1, -0.05) is 21.7 Å². The first-order valence-corrected chi connectivity index (χ1v) is 5.02. The molecule has 6 heteroatoms. The molecule has 0 aliphatic carbocycles. The van der Waals surface area contributed by atoms with Crippen molar-refractivity contribution in [3.05, 3.63) is 34.4 Å². The Kier molecular flexibility index (Phi) is 2.53.